The van der Waals surface area contributed by atoms with E-state index in [2.05, 4.69) is 4.98 Å². The Kier molecular flexibility index (Phi) is 4.68. The Morgan fingerprint density at radius 1 is 0.963 bits per heavy atom. The average Bonchev–Trinajstić information content (AvgIpc) is 2.94. The molecule has 0 bridgehead atoms. The van der Waals surface area contributed by atoms with Crippen molar-refractivity contribution in [3.8, 4) is 0 Å². The standard InChI is InChI=1S/C20H20N4O3/c25-18(14-24-19(26)16-3-1-2-4-17(16)20(24)27)23-11-9-22(10-12-23)13-15-5-7-21-8-6-15/h1-8H,9-14H2/p+1. The largest absolute Gasteiger partial charge is 0.330 e. The number of nitrogens with one attached hydrogen (secondary N) is 1. The summed E-state index contributed by atoms with van der Waals surface area (Å²) >= 11 is 0. The van der Waals surface area contributed by atoms with Crippen LogP contribution in [0, 0.1) is 0 Å². The topological polar surface area (TPSA) is 75.0 Å². The fourth-order valence-electron chi connectivity index (χ4n) is 3.66. The quantitative estimate of drug-likeness (QED) is 0.749. The van der Waals surface area contributed by atoms with Gasteiger partial charge in [0.05, 0.1) is 37.3 Å². The summed E-state index contributed by atoms with van der Waals surface area (Å²) in [7, 11) is 0. The minimum atomic E-state index is -0.383. The van der Waals surface area contributed by atoms with Crippen molar-refractivity contribution in [1.29, 1.82) is 0 Å². The number of rotatable bonds is 4. The maximum Gasteiger partial charge on any atom is 0.262 e. The van der Waals surface area contributed by atoms with Gasteiger partial charge in [0.2, 0.25) is 5.91 Å². The number of quaternary nitrogens is 1. The number of imide groups is 1. The van der Waals surface area contributed by atoms with Crippen molar-refractivity contribution in [2.24, 2.45) is 0 Å². The van der Waals surface area contributed by atoms with Gasteiger partial charge in [-0.15, -0.1) is 0 Å². The summed E-state index contributed by atoms with van der Waals surface area (Å²) < 4.78 is 0. The summed E-state index contributed by atoms with van der Waals surface area (Å²) in [6.45, 7) is 3.66. The van der Waals surface area contributed by atoms with Crippen LogP contribution in [0.4, 0.5) is 0 Å². The number of piperazine rings is 1. The summed E-state index contributed by atoms with van der Waals surface area (Å²) in [5.41, 5.74) is 1.98. The molecular formula is C20H21N4O3+. The van der Waals surface area contributed by atoms with Crippen LogP contribution in [0.1, 0.15) is 26.3 Å². The first-order valence-electron chi connectivity index (χ1n) is 9.09. The zero-order valence-corrected chi connectivity index (χ0v) is 14.9. The number of carbonyl (C=O) groups excluding carboxylic acids is 3. The van der Waals surface area contributed by atoms with E-state index in [1.165, 1.54) is 10.5 Å². The third kappa shape index (κ3) is 3.46. The van der Waals surface area contributed by atoms with Crippen molar-refractivity contribution in [2.75, 3.05) is 32.7 Å². The first-order valence-corrected chi connectivity index (χ1v) is 9.09. The van der Waals surface area contributed by atoms with Gasteiger partial charge in [-0.05, 0) is 24.3 Å². The number of aromatic nitrogens is 1. The summed E-state index contributed by atoms with van der Waals surface area (Å²) in [6, 6.07) is 10.7. The van der Waals surface area contributed by atoms with Crippen LogP contribution in [0.15, 0.2) is 48.8 Å². The van der Waals surface area contributed by atoms with Crippen LogP contribution in [0.25, 0.3) is 0 Å². The zero-order chi connectivity index (χ0) is 18.8. The molecule has 2 aromatic rings. The molecule has 3 amide bonds. The van der Waals surface area contributed by atoms with Gasteiger partial charge >= 0.3 is 0 Å². The number of benzene rings is 1. The highest BCUT2D eigenvalue weighted by Crippen LogP contribution is 2.22. The van der Waals surface area contributed by atoms with Crippen molar-refractivity contribution in [3.05, 3.63) is 65.5 Å². The average molecular weight is 365 g/mol. The fraction of sp³-hybridized carbons (Fsp3) is 0.300. The minimum absolute atomic E-state index is 0.174. The second-order valence-corrected chi connectivity index (χ2v) is 6.91. The molecule has 1 aromatic heterocycles. The molecule has 2 aliphatic heterocycles. The van der Waals surface area contributed by atoms with E-state index in [9.17, 15) is 14.4 Å². The van der Waals surface area contributed by atoms with Crippen molar-refractivity contribution in [2.45, 2.75) is 6.54 Å². The summed E-state index contributed by atoms with van der Waals surface area (Å²) in [5.74, 6) is -0.940. The fourth-order valence-corrected chi connectivity index (χ4v) is 3.66. The van der Waals surface area contributed by atoms with Gasteiger partial charge in [-0.1, -0.05) is 12.1 Å². The van der Waals surface area contributed by atoms with Crippen LogP contribution in [-0.4, -0.2) is 65.2 Å². The maximum absolute atomic E-state index is 12.6. The van der Waals surface area contributed by atoms with E-state index in [1.54, 1.807) is 41.6 Å². The normalized spacial score (nSPS) is 17.3. The van der Waals surface area contributed by atoms with Crippen LogP contribution in [0.3, 0.4) is 0 Å². The zero-order valence-electron chi connectivity index (χ0n) is 14.9. The monoisotopic (exact) mass is 365 g/mol. The molecule has 0 atom stereocenters. The van der Waals surface area contributed by atoms with Crippen LogP contribution in [0.5, 0.6) is 0 Å². The Bertz CT molecular complexity index is 841. The predicted molar refractivity (Wildman–Crippen MR) is 97.0 cm³/mol. The van der Waals surface area contributed by atoms with Gasteiger partial charge in [0, 0.05) is 18.0 Å². The van der Waals surface area contributed by atoms with Crippen molar-refractivity contribution < 1.29 is 19.3 Å². The molecule has 0 radical (unpaired) electrons. The number of hydrogen-bond acceptors (Lipinski definition) is 4. The van der Waals surface area contributed by atoms with Crippen molar-refractivity contribution in [1.82, 2.24) is 14.8 Å². The highest BCUT2D eigenvalue weighted by atomic mass is 16.2. The van der Waals surface area contributed by atoms with Gasteiger partial charge in [0.15, 0.2) is 0 Å². The second-order valence-electron chi connectivity index (χ2n) is 6.91. The van der Waals surface area contributed by atoms with Crippen LogP contribution < -0.4 is 4.90 Å². The molecule has 1 aromatic carbocycles. The van der Waals surface area contributed by atoms with Gasteiger partial charge in [0.1, 0.15) is 13.1 Å². The lowest BCUT2D eigenvalue weighted by Crippen LogP contribution is -3.13. The number of carbonyl (C=O) groups is 3. The molecule has 7 nitrogen and oxygen atoms in total. The molecule has 3 heterocycles. The van der Waals surface area contributed by atoms with E-state index < -0.39 is 0 Å². The number of nitrogens with zero attached hydrogens (tertiary/aromatic N) is 3. The Labute approximate surface area is 157 Å². The van der Waals surface area contributed by atoms with E-state index in [1.807, 2.05) is 12.1 Å². The molecule has 2 aliphatic rings. The number of fused-ring (bicyclic) bond motifs is 1. The molecule has 138 valence electrons. The van der Waals surface area contributed by atoms with E-state index in [0.29, 0.717) is 24.2 Å². The highest BCUT2D eigenvalue weighted by Gasteiger charge is 2.37. The van der Waals surface area contributed by atoms with E-state index in [0.717, 1.165) is 24.5 Å². The Hall–Kier alpha value is -3.06. The third-order valence-electron chi connectivity index (χ3n) is 5.20. The highest BCUT2D eigenvalue weighted by molar-refractivity contribution is 6.22. The lowest BCUT2D eigenvalue weighted by atomic mass is 10.1. The molecule has 1 N–H and O–H groups in total. The second kappa shape index (κ2) is 7.28. The van der Waals surface area contributed by atoms with Gasteiger partial charge in [-0.2, -0.15) is 0 Å². The molecule has 0 spiro atoms. The molecule has 1 saturated heterocycles. The lowest BCUT2D eigenvalue weighted by molar-refractivity contribution is -0.917. The van der Waals surface area contributed by atoms with E-state index in [4.69, 9.17) is 0 Å². The molecule has 0 aliphatic carbocycles. The van der Waals surface area contributed by atoms with Crippen molar-refractivity contribution in [3.63, 3.8) is 0 Å². The molecule has 27 heavy (non-hydrogen) atoms. The molecule has 7 heteroatoms. The molecular weight excluding hydrogens is 344 g/mol. The Morgan fingerprint density at radius 2 is 1.56 bits per heavy atom. The first-order chi connectivity index (χ1) is 13.1. The van der Waals surface area contributed by atoms with Crippen LogP contribution >= 0.6 is 0 Å². The molecule has 1 fully saturated rings. The smallest absolute Gasteiger partial charge is 0.262 e. The molecule has 0 unspecified atom stereocenters. The Morgan fingerprint density at radius 3 is 2.15 bits per heavy atom. The lowest BCUT2D eigenvalue weighted by Gasteiger charge is -2.33. The van der Waals surface area contributed by atoms with Crippen LogP contribution in [-0.2, 0) is 11.3 Å². The molecule has 4 rings (SSSR count). The third-order valence-corrected chi connectivity index (χ3v) is 5.20. The minimum Gasteiger partial charge on any atom is -0.330 e. The maximum atomic E-state index is 12.6. The van der Waals surface area contributed by atoms with Gasteiger partial charge < -0.3 is 9.80 Å². The van der Waals surface area contributed by atoms with E-state index in [-0.39, 0.29) is 24.3 Å². The predicted octanol–water partition coefficient (Wildman–Crippen LogP) is -0.395. The molecule has 0 saturated carbocycles. The van der Waals surface area contributed by atoms with Crippen molar-refractivity contribution >= 4 is 17.7 Å². The van der Waals surface area contributed by atoms with Gasteiger partial charge in [-0.25, -0.2) is 0 Å². The summed E-state index contributed by atoms with van der Waals surface area (Å²) in [6.07, 6.45) is 3.58. The summed E-state index contributed by atoms with van der Waals surface area (Å²) in [4.78, 5) is 45.7. The Balaban J connectivity index is 1.33. The number of pyridine rings is 1. The van der Waals surface area contributed by atoms with Crippen LogP contribution in [0.2, 0.25) is 0 Å². The number of amides is 3. The SMILES string of the molecule is O=C(CN1C(=O)c2ccccc2C1=O)N1CC[NH+](Cc2ccncc2)CC1. The van der Waals surface area contributed by atoms with Gasteiger partial charge in [0.25, 0.3) is 11.8 Å². The summed E-state index contributed by atoms with van der Waals surface area (Å²) in [5, 5.41) is 0. The first kappa shape index (κ1) is 17.4. The van der Waals surface area contributed by atoms with E-state index >= 15 is 0 Å². The van der Waals surface area contributed by atoms with Gasteiger partial charge in [-0.3, -0.25) is 24.3 Å². The number of hydrogen-bond donors (Lipinski definition) is 1.